The number of benzene rings is 1. The number of nitrogens with zero attached hydrogens (tertiary/aromatic N) is 2. The van der Waals surface area contributed by atoms with Crippen molar-refractivity contribution >= 4 is 40.6 Å². The average Bonchev–Trinajstić information content (AvgIpc) is 2.90. The van der Waals surface area contributed by atoms with Crippen molar-refractivity contribution in [2.24, 2.45) is 28.8 Å². The van der Waals surface area contributed by atoms with E-state index in [0.717, 1.165) is 17.9 Å². The maximum Gasteiger partial charge on any atom is 0.254 e. The zero-order valence-corrected chi connectivity index (χ0v) is 15.7. The number of hydrazone groups is 1. The van der Waals surface area contributed by atoms with Crippen molar-refractivity contribution in [3.05, 3.63) is 33.4 Å². The Bertz CT molecular complexity index is 788. The van der Waals surface area contributed by atoms with E-state index < -0.39 is 0 Å². The highest BCUT2D eigenvalue weighted by atomic mass is 127. The van der Waals surface area contributed by atoms with Gasteiger partial charge in [0.25, 0.3) is 11.8 Å². The van der Waals surface area contributed by atoms with Gasteiger partial charge in [0, 0.05) is 0 Å². The van der Waals surface area contributed by atoms with Crippen molar-refractivity contribution in [1.29, 1.82) is 0 Å². The maximum atomic E-state index is 12.7. The highest BCUT2D eigenvalue weighted by molar-refractivity contribution is 14.1. The monoisotopic (exact) mass is 452 g/mol. The largest absolute Gasteiger partial charge is 0.504 e. The second-order valence-corrected chi connectivity index (χ2v) is 7.79. The van der Waals surface area contributed by atoms with Crippen molar-refractivity contribution in [2.75, 3.05) is 7.11 Å². The van der Waals surface area contributed by atoms with E-state index in [1.165, 1.54) is 13.3 Å². The number of carbonyl (C=O) groups is 2. The number of aromatic hydroxyl groups is 1. The van der Waals surface area contributed by atoms with Crippen LogP contribution in [0.5, 0.6) is 11.5 Å². The summed E-state index contributed by atoms with van der Waals surface area (Å²) in [4.78, 5) is 25.4. The highest BCUT2D eigenvalue weighted by Crippen LogP contribution is 2.49. The number of imide groups is 1. The number of hydrogen-bond acceptors (Lipinski definition) is 5. The van der Waals surface area contributed by atoms with E-state index in [-0.39, 0.29) is 41.2 Å². The number of phenolic OH excluding ortho intramolecular Hbond substituents is 1. The molecule has 4 aliphatic rings. The summed E-state index contributed by atoms with van der Waals surface area (Å²) in [7, 11) is 1.47. The molecule has 130 valence electrons. The molecule has 1 saturated carbocycles. The highest BCUT2D eigenvalue weighted by Gasteiger charge is 2.56. The first-order chi connectivity index (χ1) is 12.0. The summed E-state index contributed by atoms with van der Waals surface area (Å²) in [5.41, 5.74) is 0.649. The third-order valence-electron chi connectivity index (χ3n) is 5.33. The number of ether oxygens (including phenoxy) is 1. The molecule has 25 heavy (non-hydrogen) atoms. The summed E-state index contributed by atoms with van der Waals surface area (Å²) in [5, 5.41) is 15.1. The van der Waals surface area contributed by atoms with E-state index in [0.29, 0.717) is 14.9 Å². The SMILES string of the molecule is COc1cc(/C=N/N2C(=O)[C@@H]3[C@H](C2=O)[C@@H]2C=C[C@H]3CC2)cc(I)c1O. The normalized spacial score (nSPS) is 30.4. The lowest BCUT2D eigenvalue weighted by atomic mass is 9.63. The number of amides is 2. The van der Waals surface area contributed by atoms with Crippen molar-refractivity contribution in [3.63, 3.8) is 0 Å². The smallest absolute Gasteiger partial charge is 0.254 e. The van der Waals surface area contributed by atoms with Crippen molar-refractivity contribution in [3.8, 4) is 11.5 Å². The van der Waals surface area contributed by atoms with Crippen LogP contribution in [0.2, 0.25) is 0 Å². The fourth-order valence-corrected chi connectivity index (χ4v) is 4.75. The molecule has 1 aliphatic heterocycles. The zero-order chi connectivity index (χ0) is 17.7. The van der Waals surface area contributed by atoms with Gasteiger partial charge < -0.3 is 9.84 Å². The minimum atomic E-state index is -0.261. The number of hydrogen-bond donors (Lipinski definition) is 1. The standard InChI is InChI=1S/C18H17IN2O4/c1-25-13-7-9(6-12(19)16(13)22)8-20-21-17(23)14-10-2-3-11(5-4-10)15(14)18(21)24/h2-3,6-8,10-11,14-15,22H,4-5H2,1H3/b20-8+/t10-,11+,14-,15+. The Labute approximate surface area is 158 Å². The molecule has 5 rings (SSSR count). The molecule has 0 radical (unpaired) electrons. The fourth-order valence-electron chi connectivity index (χ4n) is 4.12. The number of fused-ring (bicyclic) bond motifs is 1. The summed E-state index contributed by atoms with van der Waals surface area (Å²) < 4.78 is 5.73. The second-order valence-electron chi connectivity index (χ2n) is 6.63. The molecule has 2 amide bonds. The summed E-state index contributed by atoms with van der Waals surface area (Å²) in [6.45, 7) is 0. The van der Waals surface area contributed by atoms with Crippen LogP contribution in [0, 0.1) is 27.2 Å². The van der Waals surface area contributed by atoms with E-state index in [2.05, 4.69) is 17.3 Å². The molecule has 1 aromatic rings. The van der Waals surface area contributed by atoms with Gasteiger partial charge in [0.15, 0.2) is 11.5 Å². The van der Waals surface area contributed by atoms with Crippen molar-refractivity contribution in [1.82, 2.24) is 5.01 Å². The van der Waals surface area contributed by atoms with E-state index in [4.69, 9.17) is 4.74 Å². The quantitative estimate of drug-likeness (QED) is 0.331. The second kappa shape index (κ2) is 6.12. The minimum absolute atomic E-state index is 0.0576. The fraction of sp³-hybridized carbons (Fsp3) is 0.389. The molecule has 0 unspecified atom stereocenters. The first-order valence-corrected chi connectivity index (χ1v) is 9.25. The van der Waals surface area contributed by atoms with Crippen LogP contribution in [0.15, 0.2) is 29.4 Å². The Morgan fingerprint density at radius 2 is 1.80 bits per heavy atom. The third kappa shape index (κ3) is 2.56. The molecule has 7 heteroatoms. The molecule has 0 aromatic heterocycles. The van der Waals surface area contributed by atoms with E-state index in [1.807, 2.05) is 22.6 Å². The molecular weight excluding hydrogens is 435 g/mol. The molecule has 1 saturated heterocycles. The van der Waals surface area contributed by atoms with E-state index in [9.17, 15) is 14.7 Å². The number of carbonyl (C=O) groups excluding carboxylic acids is 2. The van der Waals surface area contributed by atoms with Gasteiger partial charge >= 0.3 is 0 Å². The number of phenols is 1. The van der Waals surface area contributed by atoms with Crippen LogP contribution in [0.4, 0.5) is 0 Å². The summed E-state index contributed by atoms with van der Waals surface area (Å²) in [5.74, 6) is -0.240. The molecule has 3 aliphatic carbocycles. The van der Waals surface area contributed by atoms with Crippen LogP contribution in [-0.4, -0.2) is 35.3 Å². The van der Waals surface area contributed by atoms with Gasteiger partial charge in [0.1, 0.15) is 0 Å². The topological polar surface area (TPSA) is 79.2 Å². The molecule has 6 nitrogen and oxygen atoms in total. The van der Waals surface area contributed by atoms with Gasteiger partial charge in [-0.1, -0.05) is 12.2 Å². The molecule has 0 spiro atoms. The van der Waals surface area contributed by atoms with Crippen LogP contribution in [-0.2, 0) is 9.59 Å². The zero-order valence-electron chi connectivity index (χ0n) is 13.6. The Kier molecular flexibility index (Phi) is 4.05. The van der Waals surface area contributed by atoms with Crippen LogP contribution in [0.25, 0.3) is 0 Å². The van der Waals surface area contributed by atoms with Gasteiger partial charge in [-0.15, -0.1) is 0 Å². The van der Waals surface area contributed by atoms with Crippen LogP contribution < -0.4 is 4.74 Å². The lowest BCUT2D eigenvalue weighted by molar-refractivity contribution is -0.140. The number of rotatable bonds is 3. The molecule has 1 aromatic carbocycles. The van der Waals surface area contributed by atoms with Gasteiger partial charge in [0.2, 0.25) is 0 Å². The third-order valence-corrected chi connectivity index (χ3v) is 6.15. The van der Waals surface area contributed by atoms with Crippen molar-refractivity contribution < 1.29 is 19.4 Å². The van der Waals surface area contributed by atoms with Crippen molar-refractivity contribution in [2.45, 2.75) is 12.8 Å². The molecule has 2 bridgehead atoms. The lowest BCUT2D eigenvalue weighted by Crippen LogP contribution is -2.38. The molecule has 2 fully saturated rings. The van der Waals surface area contributed by atoms with E-state index >= 15 is 0 Å². The number of methoxy groups -OCH3 is 1. The number of allylic oxidation sites excluding steroid dienone is 2. The summed E-state index contributed by atoms with van der Waals surface area (Å²) in [6.07, 6.45) is 7.56. The Morgan fingerprint density at radius 3 is 2.32 bits per heavy atom. The first kappa shape index (κ1) is 16.6. The van der Waals surface area contributed by atoms with Crippen LogP contribution >= 0.6 is 22.6 Å². The molecule has 4 atom stereocenters. The van der Waals surface area contributed by atoms with Gasteiger partial charge in [0.05, 0.1) is 28.7 Å². The van der Waals surface area contributed by atoms with Gasteiger partial charge in [-0.25, -0.2) is 0 Å². The maximum absolute atomic E-state index is 12.7. The van der Waals surface area contributed by atoms with E-state index in [1.54, 1.807) is 12.1 Å². The molecular formula is C18H17IN2O4. The van der Waals surface area contributed by atoms with Crippen LogP contribution in [0.3, 0.4) is 0 Å². The predicted molar refractivity (Wildman–Crippen MR) is 99.2 cm³/mol. The molecule has 1 heterocycles. The summed E-state index contributed by atoms with van der Waals surface area (Å²) >= 11 is 1.99. The van der Waals surface area contributed by atoms with Gasteiger partial charge in [-0.05, 0) is 65.0 Å². The summed E-state index contributed by atoms with van der Waals surface area (Å²) in [6, 6.07) is 3.33. The van der Waals surface area contributed by atoms with Crippen LogP contribution in [0.1, 0.15) is 18.4 Å². The Hall–Kier alpha value is -1.90. The predicted octanol–water partition coefficient (Wildman–Crippen LogP) is 2.54. The lowest BCUT2D eigenvalue weighted by Gasteiger charge is -2.37. The average molecular weight is 452 g/mol. The Morgan fingerprint density at radius 1 is 1.20 bits per heavy atom. The number of halogens is 1. The van der Waals surface area contributed by atoms with Gasteiger partial charge in [-0.3, -0.25) is 9.59 Å². The Balaban J connectivity index is 1.62. The molecule has 1 N–H and O–H groups in total. The minimum Gasteiger partial charge on any atom is -0.504 e. The van der Waals surface area contributed by atoms with Gasteiger partial charge in [-0.2, -0.15) is 10.1 Å². The first-order valence-electron chi connectivity index (χ1n) is 8.18.